The summed E-state index contributed by atoms with van der Waals surface area (Å²) in [4.78, 5) is 31.0. The fourth-order valence-corrected chi connectivity index (χ4v) is 4.20. The number of hydrogen-bond donors (Lipinski definition) is 0. The van der Waals surface area contributed by atoms with E-state index in [0.29, 0.717) is 29.4 Å². The smallest absolute Gasteiger partial charge is 0.307 e. The van der Waals surface area contributed by atoms with Gasteiger partial charge >= 0.3 is 5.69 Å². The van der Waals surface area contributed by atoms with Gasteiger partial charge < -0.3 is 4.57 Å². The number of imidazole rings is 2. The van der Waals surface area contributed by atoms with E-state index < -0.39 is 0 Å². The zero-order valence-electron chi connectivity index (χ0n) is 18.5. The SMILES string of the molecule is Cc1c(C)n2c3c(=O)n(CCC(C)C)c(=O)n(C)c3nc2n1[C@H](C)c1ccccc1. The molecule has 4 rings (SSSR count). The summed E-state index contributed by atoms with van der Waals surface area (Å²) in [5.74, 6) is 1.09. The highest BCUT2D eigenvalue weighted by Crippen LogP contribution is 2.27. The van der Waals surface area contributed by atoms with Crippen molar-refractivity contribution in [3.8, 4) is 0 Å². The molecule has 0 amide bonds. The van der Waals surface area contributed by atoms with E-state index in [-0.39, 0.29) is 17.3 Å². The Morgan fingerprint density at radius 2 is 1.67 bits per heavy atom. The summed E-state index contributed by atoms with van der Waals surface area (Å²) in [5.41, 5.74) is 3.49. The lowest BCUT2D eigenvalue weighted by Crippen LogP contribution is -2.39. The quantitative estimate of drug-likeness (QED) is 0.509. The first-order chi connectivity index (χ1) is 14.2. The van der Waals surface area contributed by atoms with E-state index in [2.05, 4.69) is 44.4 Å². The number of benzene rings is 1. The van der Waals surface area contributed by atoms with Gasteiger partial charge in [0.15, 0.2) is 11.2 Å². The van der Waals surface area contributed by atoms with Crippen molar-refractivity contribution >= 4 is 16.9 Å². The third kappa shape index (κ3) is 2.91. The second-order valence-electron chi connectivity index (χ2n) is 8.53. The molecule has 7 heteroatoms. The Morgan fingerprint density at radius 1 is 1.00 bits per heavy atom. The van der Waals surface area contributed by atoms with Crippen LogP contribution in [0.4, 0.5) is 0 Å². The summed E-state index contributed by atoms with van der Waals surface area (Å²) in [5, 5.41) is 0. The van der Waals surface area contributed by atoms with Gasteiger partial charge in [0.05, 0.1) is 6.04 Å². The lowest BCUT2D eigenvalue weighted by atomic mass is 10.1. The van der Waals surface area contributed by atoms with Crippen LogP contribution >= 0.6 is 0 Å². The summed E-state index contributed by atoms with van der Waals surface area (Å²) in [6.07, 6.45) is 0.770. The molecule has 7 nitrogen and oxygen atoms in total. The van der Waals surface area contributed by atoms with Gasteiger partial charge in [0, 0.05) is 25.0 Å². The second kappa shape index (κ2) is 7.31. The van der Waals surface area contributed by atoms with Crippen molar-refractivity contribution < 1.29 is 0 Å². The molecule has 3 aromatic heterocycles. The monoisotopic (exact) mass is 407 g/mol. The molecule has 0 spiro atoms. The van der Waals surface area contributed by atoms with Gasteiger partial charge in [-0.25, -0.2) is 4.79 Å². The maximum absolute atomic E-state index is 13.4. The molecule has 0 saturated carbocycles. The Morgan fingerprint density at radius 3 is 2.30 bits per heavy atom. The molecule has 0 aliphatic carbocycles. The zero-order chi connectivity index (χ0) is 21.7. The number of aromatic nitrogens is 5. The van der Waals surface area contributed by atoms with Crippen LogP contribution in [0.2, 0.25) is 0 Å². The van der Waals surface area contributed by atoms with Crippen LogP contribution in [-0.4, -0.2) is 23.1 Å². The van der Waals surface area contributed by atoms with Crippen molar-refractivity contribution in [3.63, 3.8) is 0 Å². The van der Waals surface area contributed by atoms with Crippen LogP contribution in [0.3, 0.4) is 0 Å². The molecule has 0 aliphatic rings. The molecule has 158 valence electrons. The Kier molecular flexibility index (Phi) is 4.92. The molecule has 0 fully saturated rings. The molecule has 0 N–H and O–H groups in total. The van der Waals surface area contributed by atoms with Crippen molar-refractivity contribution in [2.75, 3.05) is 0 Å². The van der Waals surface area contributed by atoms with Gasteiger partial charge in [-0.2, -0.15) is 4.98 Å². The second-order valence-corrected chi connectivity index (χ2v) is 8.53. The standard InChI is InChI=1S/C23H29N5O2/c1-14(2)12-13-26-21(29)19-20(25(6)23(26)30)24-22-27(15(3)16(4)28(19)22)17(5)18-10-8-7-9-11-18/h7-11,14,17H,12-13H2,1-6H3/t17-/m1/s1. The lowest BCUT2D eigenvalue weighted by molar-refractivity contribution is 0.488. The van der Waals surface area contributed by atoms with Crippen molar-refractivity contribution in [2.45, 2.75) is 53.6 Å². The molecule has 0 aliphatic heterocycles. The van der Waals surface area contributed by atoms with E-state index in [0.717, 1.165) is 23.4 Å². The number of nitrogens with zero attached hydrogens (tertiary/aromatic N) is 5. The first-order valence-electron chi connectivity index (χ1n) is 10.5. The maximum atomic E-state index is 13.4. The van der Waals surface area contributed by atoms with Crippen LogP contribution in [-0.2, 0) is 13.6 Å². The van der Waals surface area contributed by atoms with Crippen LogP contribution in [0.5, 0.6) is 0 Å². The van der Waals surface area contributed by atoms with E-state index in [1.165, 1.54) is 9.13 Å². The molecule has 3 heterocycles. The number of fused-ring (bicyclic) bond motifs is 3. The number of aryl methyl sites for hydroxylation is 2. The minimum atomic E-state index is -0.314. The van der Waals surface area contributed by atoms with E-state index in [9.17, 15) is 9.59 Å². The van der Waals surface area contributed by atoms with Gasteiger partial charge in [0.1, 0.15) is 0 Å². The maximum Gasteiger partial charge on any atom is 0.332 e. The normalized spacial score (nSPS) is 13.0. The van der Waals surface area contributed by atoms with Gasteiger partial charge in [-0.15, -0.1) is 0 Å². The highest BCUT2D eigenvalue weighted by atomic mass is 16.2. The van der Waals surface area contributed by atoms with Gasteiger partial charge in [-0.05, 0) is 38.7 Å². The summed E-state index contributed by atoms with van der Waals surface area (Å²) in [7, 11) is 1.69. The van der Waals surface area contributed by atoms with Crippen LogP contribution in [0, 0.1) is 19.8 Å². The third-order valence-corrected chi connectivity index (χ3v) is 6.16. The fourth-order valence-electron chi connectivity index (χ4n) is 4.20. The summed E-state index contributed by atoms with van der Waals surface area (Å²) in [6, 6.07) is 10.3. The molecule has 0 unspecified atom stereocenters. The van der Waals surface area contributed by atoms with E-state index in [4.69, 9.17) is 4.98 Å². The molecule has 1 aromatic carbocycles. The Bertz CT molecular complexity index is 1350. The highest BCUT2D eigenvalue weighted by molar-refractivity contribution is 5.76. The molecule has 1 atom stereocenters. The average molecular weight is 408 g/mol. The van der Waals surface area contributed by atoms with Crippen molar-refractivity contribution in [2.24, 2.45) is 13.0 Å². The predicted molar refractivity (Wildman–Crippen MR) is 119 cm³/mol. The van der Waals surface area contributed by atoms with Gasteiger partial charge in [-0.3, -0.25) is 18.3 Å². The van der Waals surface area contributed by atoms with Crippen molar-refractivity contribution in [1.29, 1.82) is 0 Å². The van der Waals surface area contributed by atoms with Crippen LogP contribution in [0.25, 0.3) is 16.9 Å². The lowest BCUT2D eigenvalue weighted by Gasteiger charge is -2.16. The fraction of sp³-hybridized carbons (Fsp3) is 0.435. The van der Waals surface area contributed by atoms with Crippen LogP contribution < -0.4 is 11.2 Å². The molecule has 0 saturated heterocycles. The largest absolute Gasteiger partial charge is 0.332 e. The highest BCUT2D eigenvalue weighted by Gasteiger charge is 2.24. The van der Waals surface area contributed by atoms with Crippen LogP contribution in [0.15, 0.2) is 39.9 Å². The Balaban J connectivity index is 2.04. The van der Waals surface area contributed by atoms with Gasteiger partial charge in [0.2, 0.25) is 5.78 Å². The Labute approximate surface area is 175 Å². The van der Waals surface area contributed by atoms with Gasteiger partial charge in [0.25, 0.3) is 5.56 Å². The first kappa shape index (κ1) is 20.2. The molecule has 30 heavy (non-hydrogen) atoms. The molecular formula is C23H29N5O2. The summed E-state index contributed by atoms with van der Waals surface area (Å²) in [6.45, 7) is 10.8. The van der Waals surface area contributed by atoms with Crippen LogP contribution in [0.1, 0.15) is 50.2 Å². The third-order valence-electron chi connectivity index (χ3n) is 6.16. The van der Waals surface area contributed by atoms with E-state index >= 15 is 0 Å². The molecule has 0 bridgehead atoms. The van der Waals surface area contributed by atoms with Crippen molar-refractivity contribution in [3.05, 3.63) is 68.1 Å². The number of hydrogen-bond acceptors (Lipinski definition) is 3. The van der Waals surface area contributed by atoms with Gasteiger partial charge in [-0.1, -0.05) is 44.2 Å². The summed E-state index contributed by atoms with van der Waals surface area (Å²) < 4.78 is 6.91. The van der Waals surface area contributed by atoms with E-state index in [1.807, 2.05) is 29.5 Å². The first-order valence-corrected chi connectivity index (χ1v) is 10.5. The average Bonchev–Trinajstić information content (AvgIpc) is 3.22. The predicted octanol–water partition coefficient (Wildman–Crippen LogP) is 3.42. The topological polar surface area (TPSA) is 66.2 Å². The van der Waals surface area contributed by atoms with E-state index in [1.54, 1.807) is 7.05 Å². The molecular weight excluding hydrogens is 378 g/mol. The minimum Gasteiger partial charge on any atom is -0.307 e. The molecule has 4 aromatic rings. The zero-order valence-corrected chi connectivity index (χ0v) is 18.5. The summed E-state index contributed by atoms with van der Waals surface area (Å²) >= 11 is 0. The van der Waals surface area contributed by atoms with Crippen molar-refractivity contribution in [1.82, 2.24) is 23.1 Å². The number of rotatable bonds is 5. The minimum absolute atomic E-state index is 0.0411. The Hall–Kier alpha value is -3.09. The molecule has 0 radical (unpaired) electrons.